The number of amides is 1. The molecule has 2 N–H and O–H groups in total. The predicted octanol–water partition coefficient (Wildman–Crippen LogP) is 3.96. The van der Waals surface area contributed by atoms with Gasteiger partial charge in [0, 0.05) is 11.4 Å². The van der Waals surface area contributed by atoms with Gasteiger partial charge in [0.15, 0.2) is 11.5 Å². The molecule has 26 heavy (non-hydrogen) atoms. The van der Waals surface area contributed by atoms with E-state index in [4.69, 9.17) is 5.26 Å². The number of anilines is 3. The fourth-order valence-electron chi connectivity index (χ4n) is 2.52. The van der Waals surface area contributed by atoms with Gasteiger partial charge < -0.3 is 10.6 Å². The number of nitrogens with one attached hydrogen (secondary N) is 2. The normalized spacial score (nSPS) is 10.0. The summed E-state index contributed by atoms with van der Waals surface area (Å²) in [4.78, 5) is 12.4. The quantitative estimate of drug-likeness (QED) is 0.748. The Balaban J connectivity index is 1.73. The number of hydrogen-bond donors (Lipinski definition) is 2. The van der Waals surface area contributed by atoms with E-state index in [1.807, 2.05) is 38.1 Å². The van der Waals surface area contributed by atoms with Crippen molar-refractivity contribution in [3.63, 3.8) is 0 Å². The maximum absolute atomic E-state index is 12.4. The molecule has 6 nitrogen and oxygen atoms in total. The molecular weight excluding hydrogens is 326 g/mol. The van der Waals surface area contributed by atoms with Crippen LogP contribution >= 0.6 is 0 Å². The Morgan fingerprint density at radius 1 is 1.00 bits per heavy atom. The van der Waals surface area contributed by atoms with Crippen molar-refractivity contribution >= 4 is 23.1 Å². The molecule has 0 radical (unpaired) electrons. The Kier molecular flexibility index (Phi) is 4.90. The highest BCUT2D eigenvalue weighted by atomic mass is 16.1. The van der Waals surface area contributed by atoms with Crippen LogP contribution in [0.4, 0.5) is 17.2 Å². The van der Waals surface area contributed by atoms with E-state index < -0.39 is 0 Å². The van der Waals surface area contributed by atoms with Crippen molar-refractivity contribution in [3.8, 4) is 6.07 Å². The molecule has 3 rings (SSSR count). The van der Waals surface area contributed by atoms with Crippen molar-refractivity contribution in [3.05, 3.63) is 77.0 Å². The molecule has 0 atom stereocenters. The summed E-state index contributed by atoms with van der Waals surface area (Å²) in [6, 6.07) is 18.2. The molecule has 128 valence electrons. The summed E-state index contributed by atoms with van der Waals surface area (Å²) in [7, 11) is 0. The van der Waals surface area contributed by atoms with Gasteiger partial charge in [-0.2, -0.15) is 5.26 Å². The van der Waals surface area contributed by atoms with Gasteiger partial charge in [0.05, 0.1) is 11.6 Å². The highest BCUT2D eigenvalue weighted by Crippen LogP contribution is 2.20. The number of para-hydroxylation sites is 1. The van der Waals surface area contributed by atoms with Crippen molar-refractivity contribution in [2.75, 3.05) is 10.6 Å². The molecule has 0 bridgehead atoms. The molecule has 0 saturated carbocycles. The van der Waals surface area contributed by atoms with Gasteiger partial charge in [-0.05, 0) is 55.3 Å². The monoisotopic (exact) mass is 343 g/mol. The Morgan fingerprint density at radius 3 is 2.38 bits per heavy atom. The number of hydrogen-bond acceptors (Lipinski definition) is 5. The maximum Gasteiger partial charge on any atom is 0.276 e. The maximum atomic E-state index is 12.4. The second kappa shape index (κ2) is 7.45. The summed E-state index contributed by atoms with van der Waals surface area (Å²) in [5, 5.41) is 22.9. The van der Waals surface area contributed by atoms with E-state index in [0.29, 0.717) is 11.4 Å². The van der Waals surface area contributed by atoms with Gasteiger partial charge in [-0.15, -0.1) is 10.2 Å². The van der Waals surface area contributed by atoms with E-state index in [0.717, 1.165) is 22.5 Å². The average Bonchev–Trinajstić information content (AvgIpc) is 2.65. The Hall–Kier alpha value is -3.72. The number of benzene rings is 2. The van der Waals surface area contributed by atoms with Gasteiger partial charge in [-0.1, -0.05) is 24.3 Å². The van der Waals surface area contributed by atoms with Crippen LogP contribution < -0.4 is 10.6 Å². The van der Waals surface area contributed by atoms with E-state index in [9.17, 15) is 4.79 Å². The standard InChI is InChI=1S/C20H17N5O/c1-13-5-3-6-14(2)19(13)23-20(26)17-9-10-18(25-24-17)22-16-8-4-7-15(11-16)12-21/h3-11H,1-2H3,(H,22,25)(H,23,26). The molecule has 0 unspecified atom stereocenters. The highest BCUT2D eigenvalue weighted by molar-refractivity contribution is 6.03. The lowest BCUT2D eigenvalue weighted by atomic mass is 10.1. The summed E-state index contributed by atoms with van der Waals surface area (Å²) in [6.07, 6.45) is 0. The third-order valence-electron chi connectivity index (χ3n) is 3.88. The fraction of sp³-hybridized carbons (Fsp3) is 0.100. The van der Waals surface area contributed by atoms with Crippen LogP contribution in [0.15, 0.2) is 54.6 Å². The minimum Gasteiger partial charge on any atom is -0.339 e. The molecule has 0 saturated heterocycles. The molecule has 0 aliphatic rings. The van der Waals surface area contributed by atoms with Gasteiger partial charge >= 0.3 is 0 Å². The molecule has 1 amide bonds. The largest absolute Gasteiger partial charge is 0.339 e. The number of nitrogens with zero attached hydrogens (tertiary/aromatic N) is 3. The Morgan fingerprint density at radius 2 is 1.73 bits per heavy atom. The molecule has 0 spiro atoms. The van der Waals surface area contributed by atoms with Crippen molar-refractivity contribution in [2.45, 2.75) is 13.8 Å². The zero-order valence-corrected chi connectivity index (χ0v) is 14.4. The molecule has 0 aliphatic carbocycles. The topological polar surface area (TPSA) is 90.7 Å². The van der Waals surface area contributed by atoms with Crippen molar-refractivity contribution in [1.29, 1.82) is 5.26 Å². The highest BCUT2D eigenvalue weighted by Gasteiger charge is 2.11. The lowest BCUT2D eigenvalue weighted by Gasteiger charge is -2.11. The fourth-order valence-corrected chi connectivity index (χ4v) is 2.52. The summed E-state index contributed by atoms with van der Waals surface area (Å²) in [5.74, 6) is 0.177. The lowest BCUT2D eigenvalue weighted by molar-refractivity contribution is 0.102. The van der Waals surface area contributed by atoms with Crippen molar-refractivity contribution in [2.24, 2.45) is 0 Å². The summed E-state index contributed by atoms with van der Waals surface area (Å²) in [6.45, 7) is 3.88. The van der Waals surface area contributed by atoms with Crippen LogP contribution in [0, 0.1) is 25.2 Å². The van der Waals surface area contributed by atoms with Gasteiger partial charge in [-0.25, -0.2) is 0 Å². The first-order chi connectivity index (χ1) is 12.6. The number of aryl methyl sites for hydroxylation is 2. The molecule has 0 fully saturated rings. The lowest BCUT2D eigenvalue weighted by Crippen LogP contribution is -2.16. The summed E-state index contributed by atoms with van der Waals surface area (Å²) >= 11 is 0. The van der Waals surface area contributed by atoms with Crippen molar-refractivity contribution < 1.29 is 4.79 Å². The molecule has 3 aromatic rings. The number of carbonyl (C=O) groups is 1. The molecular formula is C20H17N5O. The second-order valence-electron chi connectivity index (χ2n) is 5.84. The number of rotatable bonds is 4. The Bertz CT molecular complexity index is 970. The molecule has 0 aliphatic heterocycles. The molecule has 1 aromatic heterocycles. The first-order valence-electron chi connectivity index (χ1n) is 8.05. The number of nitriles is 1. The zero-order valence-electron chi connectivity index (χ0n) is 14.4. The molecule has 2 aromatic carbocycles. The van der Waals surface area contributed by atoms with Crippen LogP contribution in [0.2, 0.25) is 0 Å². The van der Waals surface area contributed by atoms with Crippen LogP contribution in [0.1, 0.15) is 27.2 Å². The minimum atomic E-state index is -0.312. The number of aromatic nitrogens is 2. The van der Waals surface area contributed by atoms with E-state index >= 15 is 0 Å². The number of carbonyl (C=O) groups excluding carboxylic acids is 1. The van der Waals surface area contributed by atoms with E-state index in [-0.39, 0.29) is 11.6 Å². The van der Waals surface area contributed by atoms with Gasteiger partial charge in [0.2, 0.25) is 0 Å². The SMILES string of the molecule is Cc1cccc(C)c1NC(=O)c1ccc(Nc2cccc(C#N)c2)nn1. The third-order valence-corrected chi connectivity index (χ3v) is 3.88. The van der Waals surface area contributed by atoms with Crippen LogP contribution in [0.3, 0.4) is 0 Å². The molecule has 1 heterocycles. The van der Waals surface area contributed by atoms with E-state index in [1.165, 1.54) is 0 Å². The second-order valence-corrected chi connectivity index (χ2v) is 5.84. The first-order valence-corrected chi connectivity index (χ1v) is 8.05. The zero-order chi connectivity index (χ0) is 18.5. The first kappa shape index (κ1) is 17.1. The molecule has 6 heteroatoms. The van der Waals surface area contributed by atoms with Crippen LogP contribution in [-0.4, -0.2) is 16.1 Å². The third kappa shape index (κ3) is 3.84. The Labute approximate surface area is 151 Å². The summed E-state index contributed by atoms with van der Waals surface area (Å²) in [5.41, 5.74) is 4.27. The van der Waals surface area contributed by atoms with Crippen molar-refractivity contribution in [1.82, 2.24) is 10.2 Å². The smallest absolute Gasteiger partial charge is 0.276 e. The van der Waals surface area contributed by atoms with Crippen LogP contribution in [-0.2, 0) is 0 Å². The van der Waals surface area contributed by atoms with Gasteiger partial charge in [-0.3, -0.25) is 4.79 Å². The summed E-state index contributed by atoms with van der Waals surface area (Å²) < 4.78 is 0. The van der Waals surface area contributed by atoms with Gasteiger partial charge in [0.1, 0.15) is 0 Å². The van der Waals surface area contributed by atoms with E-state index in [1.54, 1.807) is 30.3 Å². The van der Waals surface area contributed by atoms with Crippen LogP contribution in [0.5, 0.6) is 0 Å². The van der Waals surface area contributed by atoms with Gasteiger partial charge in [0.25, 0.3) is 5.91 Å². The predicted molar refractivity (Wildman–Crippen MR) is 100 cm³/mol. The van der Waals surface area contributed by atoms with Crippen LogP contribution in [0.25, 0.3) is 0 Å². The average molecular weight is 343 g/mol. The van der Waals surface area contributed by atoms with E-state index in [2.05, 4.69) is 26.9 Å². The minimum absolute atomic E-state index is 0.226.